The van der Waals surface area contributed by atoms with Gasteiger partial charge in [-0.2, -0.15) is 0 Å². The van der Waals surface area contributed by atoms with Crippen molar-refractivity contribution in [2.75, 3.05) is 6.54 Å². The largest absolute Gasteiger partial charge is 0.391 e. The molecule has 1 fully saturated rings. The molecule has 0 radical (unpaired) electrons. The lowest BCUT2D eigenvalue weighted by Gasteiger charge is -2.31. The van der Waals surface area contributed by atoms with Gasteiger partial charge in [0.05, 0.1) is 34.7 Å². The molecule has 1 aliphatic rings. The van der Waals surface area contributed by atoms with Gasteiger partial charge >= 0.3 is 0 Å². The van der Waals surface area contributed by atoms with Gasteiger partial charge in [0.15, 0.2) is 0 Å². The summed E-state index contributed by atoms with van der Waals surface area (Å²) in [7, 11) is 0. The van der Waals surface area contributed by atoms with Gasteiger partial charge in [0, 0.05) is 19.2 Å². The van der Waals surface area contributed by atoms with E-state index in [1.54, 1.807) is 10.9 Å². The van der Waals surface area contributed by atoms with Crippen LogP contribution in [0, 0.1) is 12.8 Å². The number of aryl methyl sites for hydroxylation is 2. The van der Waals surface area contributed by atoms with E-state index in [4.69, 9.17) is 0 Å². The maximum absolute atomic E-state index is 13.6. The number of rotatable bonds is 8. The first-order valence-corrected chi connectivity index (χ1v) is 13.2. The first-order chi connectivity index (χ1) is 17.2. The van der Waals surface area contributed by atoms with Crippen molar-refractivity contribution in [2.24, 2.45) is 5.92 Å². The Bertz CT molecular complexity index is 1200. The molecule has 36 heavy (non-hydrogen) atoms. The van der Waals surface area contributed by atoms with Gasteiger partial charge in [-0.15, -0.1) is 5.10 Å². The first-order valence-electron chi connectivity index (χ1n) is 12.4. The molecule has 10 heteroatoms. The summed E-state index contributed by atoms with van der Waals surface area (Å²) in [5.74, 6) is -0.450. The zero-order chi connectivity index (χ0) is 26.0. The number of amides is 2. The Morgan fingerprint density at radius 2 is 1.94 bits per heavy atom. The summed E-state index contributed by atoms with van der Waals surface area (Å²) in [5.41, 5.74) is 3.80. The SMILES string of the molecule is CCc1nnsc1-c1ccc([C@H](C)NC(=O)[C@@H]2C[C@@H](O)CN2C(=O)[C@H](C(C)C)n2cnc(C)c2)cc1. The van der Waals surface area contributed by atoms with E-state index in [9.17, 15) is 14.7 Å². The van der Waals surface area contributed by atoms with Crippen LogP contribution in [0.1, 0.15) is 63.2 Å². The quantitative estimate of drug-likeness (QED) is 0.481. The van der Waals surface area contributed by atoms with E-state index >= 15 is 0 Å². The number of nitrogens with one attached hydrogen (secondary N) is 1. The number of aliphatic hydroxyl groups excluding tert-OH is 1. The molecule has 2 N–H and O–H groups in total. The van der Waals surface area contributed by atoms with Crippen molar-refractivity contribution in [3.63, 3.8) is 0 Å². The summed E-state index contributed by atoms with van der Waals surface area (Å²) in [6.45, 7) is 9.92. The molecule has 1 aromatic carbocycles. The van der Waals surface area contributed by atoms with E-state index in [0.29, 0.717) is 0 Å². The fourth-order valence-electron chi connectivity index (χ4n) is 4.80. The highest BCUT2D eigenvalue weighted by molar-refractivity contribution is 7.09. The molecule has 0 spiro atoms. The van der Waals surface area contributed by atoms with Crippen LogP contribution >= 0.6 is 11.5 Å². The van der Waals surface area contributed by atoms with Gasteiger partial charge in [-0.3, -0.25) is 9.59 Å². The second-order valence-electron chi connectivity index (χ2n) is 9.80. The summed E-state index contributed by atoms with van der Waals surface area (Å²) in [4.78, 5) is 33.7. The van der Waals surface area contributed by atoms with Crippen molar-refractivity contribution in [1.82, 2.24) is 29.4 Å². The number of imidazole rings is 1. The van der Waals surface area contributed by atoms with Crippen LogP contribution in [-0.2, 0) is 16.0 Å². The molecule has 3 heterocycles. The lowest BCUT2D eigenvalue weighted by atomic mass is 10.0. The van der Waals surface area contributed by atoms with E-state index in [1.807, 2.05) is 58.2 Å². The number of benzene rings is 1. The maximum Gasteiger partial charge on any atom is 0.246 e. The van der Waals surface area contributed by atoms with Crippen LogP contribution in [0.25, 0.3) is 10.4 Å². The van der Waals surface area contributed by atoms with Gasteiger partial charge < -0.3 is 19.9 Å². The summed E-state index contributed by atoms with van der Waals surface area (Å²) in [6, 6.07) is 6.53. The van der Waals surface area contributed by atoms with Gasteiger partial charge in [0.2, 0.25) is 11.8 Å². The topological polar surface area (TPSA) is 113 Å². The van der Waals surface area contributed by atoms with Crippen LogP contribution < -0.4 is 5.32 Å². The number of β-amino-alcohol motifs (C(OH)–C–C–N with tert-alkyl or cyclic N) is 1. The maximum atomic E-state index is 13.6. The van der Waals surface area contributed by atoms with Gasteiger partial charge in [-0.05, 0) is 48.8 Å². The van der Waals surface area contributed by atoms with Gasteiger partial charge in [-0.1, -0.05) is 49.5 Å². The number of likely N-dealkylation sites (tertiary alicyclic amines) is 1. The summed E-state index contributed by atoms with van der Waals surface area (Å²) < 4.78 is 5.86. The zero-order valence-corrected chi connectivity index (χ0v) is 22.2. The van der Waals surface area contributed by atoms with Crippen molar-refractivity contribution in [3.8, 4) is 10.4 Å². The molecule has 2 aromatic heterocycles. The van der Waals surface area contributed by atoms with Gasteiger partial charge in [0.1, 0.15) is 12.1 Å². The molecule has 0 saturated carbocycles. The number of aliphatic hydroxyl groups is 1. The fourth-order valence-corrected chi connectivity index (χ4v) is 5.55. The number of hydrogen-bond donors (Lipinski definition) is 2. The van der Waals surface area contributed by atoms with Crippen molar-refractivity contribution in [3.05, 3.63) is 53.7 Å². The molecular weight excluding hydrogens is 476 g/mol. The van der Waals surface area contributed by atoms with E-state index in [2.05, 4.69) is 26.8 Å². The predicted molar refractivity (Wildman–Crippen MR) is 138 cm³/mol. The molecule has 0 bridgehead atoms. The van der Waals surface area contributed by atoms with Crippen molar-refractivity contribution < 1.29 is 14.7 Å². The lowest BCUT2D eigenvalue weighted by molar-refractivity contribution is -0.142. The van der Waals surface area contributed by atoms with E-state index in [1.165, 1.54) is 16.4 Å². The van der Waals surface area contributed by atoms with Gasteiger partial charge in [0.25, 0.3) is 0 Å². The van der Waals surface area contributed by atoms with Gasteiger partial charge in [-0.25, -0.2) is 4.98 Å². The zero-order valence-electron chi connectivity index (χ0n) is 21.4. The fraction of sp³-hybridized carbons (Fsp3) is 0.500. The number of hydrogen-bond acceptors (Lipinski definition) is 7. The highest BCUT2D eigenvalue weighted by Crippen LogP contribution is 2.29. The predicted octanol–water partition coefficient (Wildman–Crippen LogP) is 3.31. The van der Waals surface area contributed by atoms with Crippen LogP contribution in [0.2, 0.25) is 0 Å². The Labute approximate surface area is 215 Å². The average molecular weight is 511 g/mol. The van der Waals surface area contributed by atoms with E-state index < -0.39 is 18.2 Å². The van der Waals surface area contributed by atoms with Crippen LogP contribution in [0.15, 0.2) is 36.8 Å². The van der Waals surface area contributed by atoms with Crippen LogP contribution in [0.4, 0.5) is 0 Å². The third-order valence-electron chi connectivity index (χ3n) is 6.72. The summed E-state index contributed by atoms with van der Waals surface area (Å²) >= 11 is 1.38. The Morgan fingerprint density at radius 1 is 1.22 bits per heavy atom. The minimum absolute atomic E-state index is 0.00744. The third kappa shape index (κ3) is 5.34. The second-order valence-corrected chi connectivity index (χ2v) is 10.6. The standard InChI is InChI=1S/C26H34N6O3S/c1-6-21-24(36-30-29-21)19-9-7-18(8-10-19)17(5)28-25(34)22-11-20(33)13-32(22)26(35)23(15(2)3)31-12-16(4)27-14-31/h7-10,12,14-15,17,20,22-23,33H,6,11,13H2,1-5H3,(H,28,34)/t17-,20+,22-,23-/m0/s1. The first kappa shape index (κ1) is 26.0. The molecule has 4 rings (SSSR count). The van der Waals surface area contributed by atoms with Crippen molar-refractivity contribution >= 4 is 23.3 Å². The normalized spacial score (nSPS) is 19.5. The number of carbonyl (C=O) groups excluding carboxylic acids is 2. The average Bonchev–Trinajstić information content (AvgIpc) is 3.58. The minimum atomic E-state index is -0.739. The monoisotopic (exact) mass is 510 g/mol. The highest BCUT2D eigenvalue weighted by atomic mass is 32.1. The molecule has 2 amide bonds. The number of aromatic nitrogens is 4. The molecule has 1 saturated heterocycles. The molecule has 0 aliphatic carbocycles. The third-order valence-corrected chi connectivity index (χ3v) is 7.54. The Morgan fingerprint density at radius 3 is 2.56 bits per heavy atom. The summed E-state index contributed by atoms with van der Waals surface area (Å²) in [5, 5.41) is 17.6. The lowest BCUT2D eigenvalue weighted by Crippen LogP contribution is -2.49. The molecule has 192 valence electrons. The molecule has 1 aliphatic heterocycles. The second kappa shape index (κ2) is 10.9. The van der Waals surface area contributed by atoms with Crippen LogP contribution in [-0.4, -0.2) is 59.6 Å². The number of nitrogens with zero attached hydrogens (tertiary/aromatic N) is 5. The highest BCUT2D eigenvalue weighted by Gasteiger charge is 2.42. The van der Waals surface area contributed by atoms with Crippen molar-refractivity contribution in [1.29, 1.82) is 0 Å². The van der Waals surface area contributed by atoms with Crippen LogP contribution in [0.5, 0.6) is 0 Å². The van der Waals surface area contributed by atoms with Crippen molar-refractivity contribution in [2.45, 2.75) is 71.7 Å². The minimum Gasteiger partial charge on any atom is -0.391 e. The summed E-state index contributed by atoms with van der Waals surface area (Å²) in [6.07, 6.45) is 3.78. The molecular formula is C26H34N6O3S. The van der Waals surface area contributed by atoms with E-state index in [0.717, 1.165) is 33.8 Å². The molecule has 4 atom stereocenters. The Hall–Kier alpha value is -3.11. The van der Waals surface area contributed by atoms with E-state index in [-0.39, 0.29) is 36.7 Å². The Kier molecular flexibility index (Phi) is 7.85. The van der Waals surface area contributed by atoms with Crippen LogP contribution in [0.3, 0.4) is 0 Å². The smallest absolute Gasteiger partial charge is 0.246 e. The number of carbonyl (C=O) groups is 2. The molecule has 9 nitrogen and oxygen atoms in total. The Balaban J connectivity index is 1.47. The molecule has 3 aromatic rings. The molecule has 0 unspecified atom stereocenters.